The Labute approximate surface area is 189 Å². The normalized spacial score (nSPS) is 23.5. The highest BCUT2D eigenvalue weighted by molar-refractivity contribution is 7.90. The van der Waals surface area contributed by atoms with E-state index in [4.69, 9.17) is 0 Å². The molecule has 0 amide bonds. The molecule has 2 atom stereocenters. The predicted molar refractivity (Wildman–Crippen MR) is 138 cm³/mol. The van der Waals surface area contributed by atoms with Crippen LogP contribution in [-0.2, 0) is 12.3 Å². The molecule has 164 valence electrons. The maximum Gasteiger partial charge on any atom is 0.416 e. The number of hydrogen-bond acceptors (Lipinski definition) is 0. The molecule has 0 N–H and O–H groups in total. The first-order chi connectivity index (χ1) is 14.7. The SMILES string of the molecule is CCCCC(=P/C)/C1=C(\C)c2cc(ccc2C(F)(F)F)CP2CP(C)c3pcc1cc32. The molecule has 4 rings (SSSR count). The Balaban J connectivity index is 2.03. The Hall–Kier alpha value is -0.570. The molecular weight excluding hydrogens is 469 g/mol. The molecule has 0 radical (unpaired) electrons. The summed E-state index contributed by atoms with van der Waals surface area (Å²) in [4.78, 5) is 0. The number of halogens is 3. The van der Waals surface area contributed by atoms with Crippen molar-refractivity contribution in [3.8, 4) is 0 Å². The Morgan fingerprint density at radius 3 is 2.68 bits per heavy atom. The molecule has 0 aliphatic carbocycles. The fourth-order valence-electron chi connectivity index (χ4n) is 4.54. The van der Waals surface area contributed by atoms with Crippen LogP contribution < -0.4 is 10.3 Å². The average molecular weight is 496 g/mol. The zero-order valence-corrected chi connectivity index (χ0v) is 21.9. The van der Waals surface area contributed by atoms with Crippen LogP contribution in [0.15, 0.2) is 30.1 Å². The predicted octanol–water partition coefficient (Wildman–Crippen LogP) is 8.48. The Kier molecular flexibility index (Phi) is 7.12. The van der Waals surface area contributed by atoms with Gasteiger partial charge in [0.2, 0.25) is 0 Å². The quantitative estimate of drug-likeness (QED) is 0.373. The van der Waals surface area contributed by atoms with Crippen LogP contribution in [0, 0.1) is 0 Å². The monoisotopic (exact) mass is 496 g/mol. The van der Waals surface area contributed by atoms with E-state index < -0.39 is 11.7 Å². The number of hydrogen-bond donors (Lipinski definition) is 0. The summed E-state index contributed by atoms with van der Waals surface area (Å²) in [6.07, 6.45) is -0.380. The highest BCUT2D eigenvalue weighted by Gasteiger charge is 2.36. The van der Waals surface area contributed by atoms with E-state index in [0.29, 0.717) is 5.56 Å². The Morgan fingerprint density at radius 1 is 1.23 bits per heavy atom. The number of unbranched alkanes of at least 4 members (excludes halogenated alkanes) is 1. The van der Waals surface area contributed by atoms with Crippen molar-refractivity contribution in [2.24, 2.45) is 0 Å². The molecule has 0 saturated carbocycles. The third kappa shape index (κ3) is 4.59. The molecule has 0 nitrogen and oxygen atoms in total. The van der Waals surface area contributed by atoms with E-state index in [0.717, 1.165) is 55.9 Å². The number of allylic oxidation sites excluding steroid dienone is 2. The summed E-state index contributed by atoms with van der Waals surface area (Å²) < 4.78 is 42.0. The summed E-state index contributed by atoms with van der Waals surface area (Å²) in [7, 11) is 1.94. The second-order valence-electron chi connectivity index (χ2n) is 8.26. The van der Waals surface area contributed by atoms with Crippen molar-refractivity contribution < 1.29 is 13.2 Å². The van der Waals surface area contributed by atoms with Gasteiger partial charge in [-0.15, -0.1) is 8.20 Å². The van der Waals surface area contributed by atoms with Crippen molar-refractivity contribution in [1.82, 2.24) is 0 Å². The molecule has 2 aliphatic rings. The van der Waals surface area contributed by atoms with Gasteiger partial charge in [0, 0.05) is 5.04 Å². The highest BCUT2D eigenvalue weighted by atomic mass is 31.2. The molecule has 1 aromatic heterocycles. The summed E-state index contributed by atoms with van der Waals surface area (Å²) in [5, 5.41) is 4.39. The van der Waals surface area contributed by atoms with Gasteiger partial charge in [-0.05, 0) is 102 Å². The topological polar surface area (TPSA) is 0 Å². The van der Waals surface area contributed by atoms with Crippen LogP contribution in [0.25, 0.3) is 11.1 Å². The lowest BCUT2D eigenvalue weighted by atomic mass is 9.89. The van der Waals surface area contributed by atoms with E-state index in [1.165, 1.54) is 30.8 Å². The summed E-state index contributed by atoms with van der Waals surface area (Å²) >= 11 is 0. The molecule has 1 aromatic carbocycles. The van der Waals surface area contributed by atoms with Crippen molar-refractivity contribution in [3.63, 3.8) is 0 Å². The van der Waals surface area contributed by atoms with E-state index in [2.05, 4.69) is 32.1 Å². The van der Waals surface area contributed by atoms with Crippen molar-refractivity contribution in [2.45, 2.75) is 45.4 Å². The lowest BCUT2D eigenvalue weighted by Gasteiger charge is -2.23. The molecule has 2 aliphatic heterocycles. The maximum absolute atomic E-state index is 14.0. The van der Waals surface area contributed by atoms with Crippen LogP contribution in [-0.4, -0.2) is 24.5 Å². The molecule has 31 heavy (non-hydrogen) atoms. The van der Waals surface area contributed by atoms with Crippen molar-refractivity contribution in [1.29, 1.82) is 0 Å². The van der Waals surface area contributed by atoms with Gasteiger partial charge in [-0.25, -0.2) is 0 Å². The van der Waals surface area contributed by atoms with E-state index in [-0.39, 0.29) is 15.8 Å². The van der Waals surface area contributed by atoms with Gasteiger partial charge in [0.1, 0.15) is 0 Å². The molecular formula is C24H27F3P4. The third-order valence-corrected chi connectivity index (χ3v) is 15.5. The van der Waals surface area contributed by atoms with Crippen LogP contribution in [0.4, 0.5) is 13.2 Å². The van der Waals surface area contributed by atoms with Crippen LogP contribution in [0.5, 0.6) is 0 Å². The lowest BCUT2D eigenvalue weighted by molar-refractivity contribution is -0.137. The maximum atomic E-state index is 14.0. The van der Waals surface area contributed by atoms with E-state index in [1.54, 1.807) is 11.1 Å². The molecule has 4 bridgehead atoms. The zero-order valence-electron chi connectivity index (χ0n) is 18.3. The van der Waals surface area contributed by atoms with Crippen molar-refractivity contribution in [2.75, 3.05) is 19.2 Å². The van der Waals surface area contributed by atoms with Gasteiger partial charge >= 0.3 is 6.18 Å². The standard InChI is InChI=1S/C24H27F3P4/c1-5-6-7-20(28-3)22-15(2)18-10-16(8-9-19(18)24(25,26)27)13-31-14-30(4)23-21(31)11-17(22)12-29-23/h8-12H,5-7,13-14H2,1-4H3/b22-15+. The van der Waals surface area contributed by atoms with Crippen LogP contribution in [0.3, 0.4) is 0 Å². The first-order valence-corrected chi connectivity index (χ1v) is 16.6. The molecule has 2 aromatic rings. The minimum Gasteiger partial charge on any atom is -0.166 e. The Bertz CT molecular complexity index is 1070. The Morgan fingerprint density at radius 2 is 2.00 bits per heavy atom. The summed E-state index contributed by atoms with van der Waals surface area (Å²) in [5.41, 5.74) is 3.91. The molecule has 3 heterocycles. The van der Waals surface area contributed by atoms with Gasteiger partial charge in [-0.1, -0.05) is 49.5 Å². The van der Waals surface area contributed by atoms with Gasteiger partial charge in [0.25, 0.3) is 0 Å². The smallest absolute Gasteiger partial charge is 0.166 e. The van der Waals surface area contributed by atoms with Crippen LogP contribution >= 0.6 is 32.2 Å². The molecule has 7 heteroatoms. The second-order valence-corrected chi connectivity index (χ2v) is 15.4. The van der Waals surface area contributed by atoms with Crippen molar-refractivity contribution in [3.05, 3.63) is 52.3 Å². The number of alkyl halides is 3. The number of rotatable bonds is 4. The third-order valence-electron chi connectivity index (χ3n) is 6.09. The van der Waals surface area contributed by atoms with E-state index in [1.807, 2.05) is 13.0 Å². The van der Waals surface area contributed by atoms with Gasteiger partial charge in [0.05, 0.1) is 5.56 Å². The first-order valence-electron chi connectivity index (χ1n) is 10.6. The molecule has 0 spiro atoms. The van der Waals surface area contributed by atoms with Crippen LogP contribution in [0.1, 0.15) is 55.4 Å². The zero-order chi connectivity index (χ0) is 22.3. The van der Waals surface area contributed by atoms with Crippen LogP contribution in [0.2, 0.25) is 0 Å². The molecule has 0 fully saturated rings. The molecule has 2 unspecified atom stereocenters. The lowest BCUT2D eigenvalue weighted by Crippen LogP contribution is -2.16. The van der Waals surface area contributed by atoms with Crippen molar-refractivity contribution >= 4 is 59.0 Å². The van der Waals surface area contributed by atoms with Gasteiger partial charge in [0.15, 0.2) is 0 Å². The fraction of sp³-hybridized carbons (Fsp3) is 0.417. The number of benzene rings is 1. The second kappa shape index (κ2) is 9.35. The van der Waals surface area contributed by atoms with Gasteiger partial charge in [-0.2, -0.15) is 13.2 Å². The summed E-state index contributed by atoms with van der Waals surface area (Å²) in [5.74, 6) is 3.48. The number of fused-ring (bicyclic) bond motifs is 3. The largest absolute Gasteiger partial charge is 0.416 e. The summed E-state index contributed by atoms with van der Waals surface area (Å²) in [6, 6.07) is 7.25. The van der Waals surface area contributed by atoms with E-state index in [9.17, 15) is 13.2 Å². The van der Waals surface area contributed by atoms with Gasteiger partial charge < -0.3 is 0 Å². The minimum absolute atomic E-state index is 0.128. The minimum atomic E-state index is -4.35. The average Bonchev–Trinajstić information content (AvgIpc) is 3.04. The highest BCUT2D eigenvalue weighted by Crippen LogP contribution is 2.58. The fourth-order valence-corrected chi connectivity index (χ4v) is 14.6. The van der Waals surface area contributed by atoms with Gasteiger partial charge in [-0.3, -0.25) is 0 Å². The molecule has 0 saturated heterocycles. The van der Waals surface area contributed by atoms with E-state index >= 15 is 0 Å². The first kappa shape index (κ1) is 23.6. The summed E-state index contributed by atoms with van der Waals surface area (Å²) in [6.45, 7) is 8.56.